The summed E-state index contributed by atoms with van der Waals surface area (Å²) in [6.07, 6.45) is 1.94. The molecule has 7 nitrogen and oxygen atoms in total. The van der Waals surface area contributed by atoms with E-state index in [0.717, 1.165) is 29.7 Å². The number of hydrogen-bond acceptors (Lipinski definition) is 4. The lowest BCUT2D eigenvalue weighted by atomic mass is 10.2. The topological polar surface area (TPSA) is 75.8 Å². The summed E-state index contributed by atoms with van der Waals surface area (Å²) >= 11 is 0. The summed E-state index contributed by atoms with van der Waals surface area (Å²) in [5.41, 5.74) is 2.01. The molecule has 0 aliphatic heterocycles. The average Bonchev–Trinajstić information content (AvgIpc) is 3.06. The summed E-state index contributed by atoms with van der Waals surface area (Å²) in [5, 5.41) is 14.8. The number of fused-ring (bicyclic) bond motifs is 1. The Balaban J connectivity index is 0.00000261. The highest BCUT2D eigenvalue weighted by Gasteiger charge is 2.04. The zero-order valence-corrected chi connectivity index (χ0v) is 17.9. The largest absolute Gasteiger partial charge is 0.492 e. The van der Waals surface area contributed by atoms with Crippen LogP contribution < -0.4 is 15.4 Å². The van der Waals surface area contributed by atoms with Gasteiger partial charge in [0, 0.05) is 12.7 Å². The van der Waals surface area contributed by atoms with Crippen molar-refractivity contribution in [3.8, 4) is 5.75 Å². The molecule has 0 unspecified atom stereocenters. The van der Waals surface area contributed by atoms with E-state index in [9.17, 15) is 0 Å². The number of aryl methyl sites for hydroxylation is 1. The maximum atomic E-state index is 5.75. The van der Waals surface area contributed by atoms with Crippen LogP contribution in [0.5, 0.6) is 5.75 Å². The van der Waals surface area contributed by atoms with Crippen molar-refractivity contribution in [1.82, 2.24) is 25.2 Å². The first-order valence-corrected chi connectivity index (χ1v) is 8.76. The van der Waals surface area contributed by atoms with Gasteiger partial charge in [-0.25, -0.2) is 4.99 Å². The average molecular weight is 480 g/mol. The fourth-order valence-corrected chi connectivity index (χ4v) is 2.53. The standard InChI is InChI=1S/C19H24N6O.HI/c1-3-20-19(21-10-12-26-16-8-6-7-15(2)13-16)22-14-18-24-23-17-9-4-5-11-25(17)18;/h4-9,11,13H,3,10,12,14H2,1-2H3,(H2,20,21,22);1H. The summed E-state index contributed by atoms with van der Waals surface area (Å²) in [6, 6.07) is 13.8. The molecule has 3 aromatic rings. The number of benzene rings is 1. The molecule has 0 fully saturated rings. The van der Waals surface area contributed by atoms with Crippen LogP contribution >= 0.6 is 24.0 Å². The summed E-state index contributed by atoms with van der Waals surface area (Å²) < 4.78 is 7.69. The van der Waals surface area contributed by atoms with Gasteiger partial charge >= 0.3 is 0 Å². The summed E-state index contributed by atoms with van der Waals surface area (Å²) in [6.45, 7) is 6.52. The highest BCUT2D eigenvalue weighted by molar-refractivity contribution is 14.0. The van der Waals surface area contributed by atoms with E-state index in [0.29, 0.717) is 19.7 Å². The second kappa shape index (κ2) is 10.7. The summed E-state index contributed by atoms with van der Waals surface area (Å²) in [7, 11) is 0. The number of rotatable bonds is 7. The van der Waals surface area contributed by atoms with Gasteiger partial charge in [0.15, 0.2) is 17.4 Å². The zero-order valence-electron chi connectivity index (χ0n) is 15.6. The van der Waals surface area contributed by atoms with E-state index in [1.54, 1.807) is 0 Å². The molecule has 2 aromatic heterocycles. The highest BCUT2D eigenvalue weighted by Crippen LogP contribution is 2.11. The number of halogens is 1. The minimum Gasteiger partial charge on any atom is -0.492 e. The fraction of sp³-hybridized carbons (Fsp3) is 0.316. The van der Waals surface area contributed by atoms with Crippen LogP contribution in [0.1, 0.15) is 18.3 Å². The highest BCUT2D eigenvalue weighted by atomic mass is 127. The molecule has 144 valence electrons. The number of nitrogens with one attached hydrogen (secondary N) is 2. The number of aromatic nitrogens is 3. The molecular formula is C19H25IN6O. The van der Waals surface area contributed by atoms with Gasteiger partial charge in [0.2, 0.25) is 0 Å². The molecule has 0 amide bonds. The molecule has 8 heteroatoms. The van der Waals surface area contributed by atoms with Crippen LogP contribution in [0.2, 0.25) is 0 Å². The van der Waals surface area contributed by atoms with Gasteiger partial charge in [0.25, 0.3) is 0 Å². The van der Waals surface area contributed by atoms with E-state index < -0.39 is 0 Å². The first-order chi connectivity index (χ1) is 12.8. The second-order valence-corrected chi connectivity index (χ2v) is 5.83. The molecule has 0 spiro atoms. The van der Waals surface area contributed by atoms with Crippen LogP contribution in [-0.4, -0.2) is 40.3 Å². The van der Waals surface area contributed by atoms with Crippen molar-refractivity contribution >= 4 is 35.6 Å². The third kappa shape index (κ3) is 6.09. The molecule has 2 N–H and O–H groups in total. The Morgan fingerprint density at radius 1 is 1.15 bits per heavy atom. The van der Waals surface area contributed by atoms with Crippen LogP contribution in [0, 0.1) is 6.92 Å². The van der Waals surface area contributed by atoms with Crippen molar-refractivity contribution in [3.63, 3.8) is 0 Å². The predicted molar refractivity (Wildman–Crippen MR) is 118 cm³/mol. The van der Waals surface area contributed by atoms with Crippen molar-refractivity contribution in [2.75, 3.05) is 19.7 Å². The second-order valence-electron chi connectivity index (χ2n) is 5.83. The number of hydrogen-bond donors (Lipinski definition) is 2. The number of aliphatic imine (C=N–C) groups is 1. The smallest absolute Gasteiger partial charge is 0.191 e. The Hall–Kier alpha value is -2.36. The van der Waals surface area contributed by atoms with Crippen LogP contribution in [0.4, 0.5) is 0 Å². The Morgan fingerprint density at radius 2 is 2.04 bits per heavy atom. The van der Waals surface area contributed by atoms with E-state index in [1.807, 2.05) is 53.9 Å². The summed E-state index contributed by atoms with van der Waals surface area (Å²) in [4.78, 5) is 4.58. The third-order valence-electron chi connectivity index (χ3n) is 3.76. The number of guanidine groups is 1. The van der Waals surface area contributed by atoms with Crippen LogP contribution in [0.25, 0.3) is 5.65 Å². The molecular weight excluding hydrogens is 455 g/mol. The van der Waals surface area contributed by atoms with Crippen molar-refractivity contribution < 1.29 is 4.74 Å². The van der Waals surface area contributed by atoms with Crippen LogP contribution in [0.15, 0.2) is 53.7 Å². The minimum absolute atomic E-state index is 0. The van der Waals surface area contributed by atoms with Crippen LogP contribution in [0.3, 0.4) is 0 Å². The van der Waals surface area contributed by atoms with E-state index >= 15 is 0 Å². The quantitative estimate of drug-likeness (QED) is 0.236. The Labute approximate surface area is 176 Å². The van der Waals surface area contributed by atoms with Crippen LogP contribution in [-0.2, 0) is 6.54 Å². The van der Waals surface area contributed by atoms with Crippen molar-refractivity contribution in [2.24, 2.45) is 4.99 Å². The molecule has 0 saturated carbocycles. The van der Waals surface area contributed by atoms with Crippen molar-refractivity contribution in [2.45, 2.75) is 20.4 Å². The third-order valence-corrected chi connectivity index (χ3v) is 3.76. The normalized spacial score (nSPS) is 11.1. The van der Waals surface area contributed by atoms with E-state index in [1.165, 1.54) is 5.56 Å². The van der Waals surface area contributed by atoms with Gasteiger partial charge in [0.05, 0.1) is 6.54 Å². The maximum absolute atomic E-state index is 5.75. The SMILES string of the molecule is CCNC(=NCc1nnc2ccccn12)NCCOc1cccc(C)c1.I. The molecule has 1 aromatic carbocycles. The number of pyridine rings is 1. The van der Waals surface area contributed by atoms with Gasteiger partial charge in [-0.15, -0.1) is 34.2 Å². The Bertz CT molecular complexity index is 879. The van der Waals surface area contributed by atoms with E-state index in [2.05, 4.69) is 38.8 Å². The lowest BCUT2D eigenvalue weighted by Crippen LogP contribution is -2.39. The molecule has 2 heterocycles. The first-order valence-electron chi connectivity index (χ1n) is 8.76. The van der Waals surface area contributed by atoms with Gasteiger partial charge < -0.3 is 15.4 Å². The lowest BCUT2D eigenvalue weighted by Gasteiger charge is -2.12. The van der Waals surface area contributed by atoms with E-state index in [4.69, 9.17) is 4.74 Å². The lowest BCUT2D eigenvalue weighted by molar-refractivity contribution is 0.321. The maximum Gasteiger partial charge on any atom is 0.191 e. The van der Waals surface area contributed by atoms with Gasteiger partial charge in [-0.2, -0.15) is 0 Å². The zero-order chi connectivity index (χ0) is 18.2. The fourth-order valence-electron chi connectivity index (χ4n) is 2.53. The molecule has 3 rings (SSSR count). The number of nitrogens with zero attached hydrogens (tertiary/aromatic N) is 4. The monoisotopic (exact) mass is 480 g/mol. The van der Waals surface area contributed by atoms with Gasteiger partial charge in [-0.3, -0.25) is 4.40 Å². The molecule has 0 bridgehead atoms. The summed E-state index contributed by atoms with van der Waals surface area (Å²) in [5.74, 6) is 2.41. The molecule has 0 radical (unpaired) electrons. The van der Waals surface area contributed by atoms with Gasteiger partial charge in [-0.1, -0.05) is 18.2 Å². The number of ether oxygens (including phenoxy) is 1. The minimum atomic E-state index is 0. The van der Waals surface area contributed by atoms with Crippen molar-refractivity contribution in [3.05, 3.63) is 60.0 Å². The molecule has 0 atom stereocenters. The molecule has 27 heavy (non-hydrogen) atoms. The first kappa shape index (κ1) is 20.9. The molecule has 0 aliphatic carbocycles. The van der Waals surface area contributed by atoms with Crippen molar-refractivity contribution in [1.29, 1.82) is 0 Å². The Morgan fingerprint density at radius 3 is 2.85 bits per heavy atom. The molecule has 0 saturated heterocycles. The van der Waals surface area contributed by atoms with E-state index in [-0.39, 0.29) is 24.0 Å². The predicted octanol–water partition coefficient (Wildman–Crippen LogP) is 2.79. The van der Waals surface area contributed by atoms with Gasteiger partial charge in [-0.05, 0) is 43.7 Å². The van der Waals surface area contributed by atoms with Gasteiger partial charge in [0.1, 0.15) is 18.9 Å². The Kier molecular flexibility index (Phi) is 8.31. The molecule has 0 aliphatic rings.